The van der Waals surface area contributed by atoms with Gasteiger partial charge < -0.3 is 9.47 Å². The van der Waals surface area contributed by atoms with E-state index in [0.717, 1.165) is 0 Å². The van der Waals surface area contributed by atoms with Crippen molar-refractivity contribution in [2.45, 2.75) is 27.2 Å². The number of benzene rings is 1. The highest BCUT2D eigenvalue weighted by Crippen LogP contribution is 2.29. The highest BCUT2D eigenvalue weighted by atomic mass is 16.5. The standard InChI is InChI=1S/C14H20O3/c1-14(2,3)9-12(15)11-8-10(16-4)6-7-13(11)17-5/h6-8H,9H2,1-5H3. The summed E-state index contributed by atoms with van der Waals surface area (Å²) >= 11 is 0. The number of Topliss-reactive ketones (excluding diaryl/α,β-unsaturated/α-hetero) is 1. The number of carbonyl (C=O) groups excluding carboxylic acids is 1. The molecule has 1 aromatic rings. The van der Waals surface area contributed by atoms with E-state index in [-0.39, 0.29) is 11.2 Å². The Kier molecular flexibility index (Phi) is 4.16. The molecule has 1 rings (SSSR count). The van der Waals surface area contributed by atoms with Crippen LogP contribution in [0.25, 0.3) is 0 Å². The van der Waals surface area contributed by atoms with Crippen LogP contribution in [-0.2, 0) is 0 Å². The zero-order chi connectivity index (χ0) is 13.1. The molecule has 0 saturated heterocycles. The van der Waals surface area contributed by atoms with Crippen LogP contribution >= 0.6 is 0 Å². The van der Waals surface area contributed by atoms with Crippen LogP contribution in [0.4, 0.5) is 0 Å². The molecule has 0 bridgehead atoms. The fraction of sp³-hybridized carbons (Fsp3) is 0.500. The molecule has 1 aromatic carbocycles. The highest BCUT2D eigenvalue weighted by molar-refractivity contribution is 5.99. The van der Waals surface area contributed by atoms with Gasteiger partial charge in [0.1, 0.15) is 11.5 Å². The average Bonchev–Trinajstić information content (AvgIpc) is 2.25. The molecule has 3 nitrogen and oxygen atoms in total. The van der Waals surface area contributed by atoms with E-state index in [0.29, 0.717) is 23.5 Å². The average molecular weight is 236 g/mol. The lowest BCUT2D eigenvalue weighted by atomic mass is 9.87. The number of ketones is 1. The summed E-state index contributed by atoms with van der Waals surface area (Å²) in [5.74, 6) is 1.34. The van der Waals surface area contributed by atoms with Crippen LogP contribution in [0.1, 0.15) is 37.6 Å². The Bertz CT molecular complexity index is 402. The van der Waals surface area contributed by atoms with E-state index < -0.39 is 0 Å². The summed E-state index contributed by atoms with van der Waals surface area (Å²) in [5, 5.41) is 0. The van der Waals surface area contributed by atoms with Gasteiger partial charge in [0.2, 0.25) is 0 Å². The monoisotopic (exact) mass is 236 g/mol. The predicted molar refractivity (Wildman–Crippen MR) is 67.9 cm³/mol. The Morgan fingerprint density at radius 1 is 1.18 bits per heavy atom. The molecule has 0 radical (unpaired) electrons. The molecular formula is C14H20O3. The van der Waals surface area contributed by atoms with Gasteiger partial charge in [0.15, 0.2) is 5.78 Å². The molecule has 0 unspecified atom stereocenters. The van der Waals surface area contributed by atoms with Crippen molar-refractivity contribution in [1.29, 1.82) is 0 Å². The van der Waals surface area contributed by atoms with E-state index in [1.807, 2.05) is 20.8 Å². The summed E-state index contributed by atoms with van der Waals surface area (Å²) in [7, 11) is 3.15. The van der Waals surface area contributed by atoms with Gasteiger partial charge in [-0.05, 0) is 23.6 Å². The van der Waals surface area contributed by atoms with E-state index >= 15 is 0 Å². The molecule has 0 aromatic heterocycles. The SMILES string of the molecule is COc1ccc(OC)c(C(=O)CC(C)(C)C)c1. The first-order valence-corrected chi connectivity index (χ1v) is 5.62. The zero-order valence-corrected chi connectivity index (χ0v) is 11.2. The molecule has 0 heterocycles. The molecule has 0 aliphatic heterocycles. The summed E-state index contributed by atoms with van der Waals surface area (Å²) in [5.41, 5.74) is 0.548. The van der Waals surface area contributed by atoms with E-state index in [4.69, 9.17) is 9.47 Å². The number of hydrogen-bond acceptors (Lipinski definition) is 3. The maximum Gasteiger partial charge on any atom is 0.167 e. The van der Waals surface area contributed by atoms with Crippen molar-refractivity contribution in [3.05, 3.63) is 23.8 Å². The first kappa shape index (κ1) is 13.6. The predicted octanol–water partition coefficient (Wildman–Crippen LogP) is 3.32. The first-order chi connectivity index (χ1) is 7.87. The molecule has 0 fully saturated rings. The maximum absolute atomic E-state index is 12.2. The number of carbonyl (C=O) groups is 1. The maximum atomic E-state index is 12.2. The zero-order valence-electron chi connectivity index (χ0n) is 11.2. The molecule has 3 heteroatoms. The summed E-state index contributed by atoms with van der Waals surface area (Å²) < 4.78 is 10.3. The molecule has 0 atom stereocenters. The minimum Gasteiger partial charge on any atom is -0.497 e. The number of methoxy groups -OCH3 is 2. The number of hydrogen-bond donors (Lipinski definition) is 0. The highest BCUT2D eigenvalue weighted by Gasteiger charge is 2.20. The molecule has 17 heavy (non-hydrogen) atoms. The van der Waals surface area contributed by atoms with Crippen LogP contribution < -0.4 is 9.47 Å². The van der Waals surface area contributed by atoms with Crippen molar-refractivity contribution >= 4 is 5.78 Å². The minimum atomic E-state index is -0.0365. The lowest BCUT2D eigenvalue weighted by Gasteiger charge is -2.18. The van der Waals surface area contributed by atoms with E-state index in [9.17, 15) is 4.79 Å². The first-order valence-electron chi connectivity index (χ1n) is 5.62. The Hall–Kier alpha value is -1.51. The normalized spacial score (nSPS) is 11.1. The van der Waals surface area contributed by atoms with Gasteiger partial charge >= 0.3 is 0 Å². The molecule has 0 aliphatic rings. The van der Waals surface area contributed by atoms with Gasteiger partial charge in [-0.2, -0.15) is 0 Å². The second-order valence-corrected chi connectivity index (χ2v) is 5.23. The molecule has 0 N–H and O–H groups in total. The van der Waals surface area contributed by atoms with Crippen molar-refractivity contribution in [3.63, 3.8) is 0 Å². The fourth-order valence-electron chi connectivity index (χ4n) is 1.61. The Morgan fingerprint density at radius 3 is 2.29 bits per heavy atom. The van der Waals surface area contributed by atoms with Crippen LogP contribution in [0, 0.1) is 5.41 Å². The summed E-state index contributed by atoms with van der Waals surface area (Å²) in [6.45, 7) is 6.12. The Morgan fingerprint density at radius 2 is 1.82 bits per heavy atom. The van der Waals surface area contributed by atoms with Gasteiger partial charge in [0, 0.05) is 6.42 Å². The van der Waals surface area contributed by atoms with E-state index in [2.05, 4.69) is 0 Å². The number of ether oxygens (including phenoxy) is 2. The minimum absolute atomic E-state index is 0.0365. The summed E-state index contributed by atoms with van der Waals surface area (Å²) in [6.07, 6.45) is 0.483. The molecule has 0 amide bonds. The summed E-state index contributed by atoms with van der Waals surface area (Å²) in [4.78, 5) is 12.2. The largest absolute Gasteiger partial charge is 0.497 e. The molecule has 0 aliphatic carbocycles. The Labute approximate surface area is 103 Å². The smallest absolute Gasteiger partial charge is 0.167 e. The van der Waals surface area contributed by atoms with Crippen molar-refractivity contribution in [1.82, 2.24) is 0 Å². The molecule has 0 spiro atoms. The van der Waals surface area contributed by atoms with Crippen molar-refractivity contribution in [2.24, 2.45) is 5.41 Å². The van der Waals surface area contributed by atoms with Crippen molar-refractivity contribution in [2.75, 3.05) is 14.2 Å². The second-order valence-electron chi connectivity index (χ2n) is 5.23. The van der Waals surface area contributed by atoms with Crippen LogP contribution in [0.2, 0.25) is 0 Å². The van der Waals surface area contributed by atoms with Crippen molar-refractivity contribution < 1.29 is 14.3 Å². The van der Waals surface area contributed by atoms with Gasteiger partial charge in [0.25, 0.3) is 0 Å². The molecule has 0 saturated carbocycles. The van der Waals surface area contributed by atoms with Gasteiger partial charge in [-0.15, -0.1) is 0 Å². The van der Waals surface area contributed by atoms with E-state index in [1.165, 1.54) is 0 Å². The van der Waals surface area contributed by atoms with Crippen LogP contribution in [0.15, 0.2) is 18.2 Å². The van der Waals surface area contributed by atoms with Crippen LogP contribution in [-0.4, -0.2) is 20.0 Å². The second kappa shape index (κ2) is 5.21. The third-order valence-electron chi connectivity index (χ3n) is 2.40. The molecule has 94 valence electrons. The third kappa shape index (κ3) is 3.77. The number of rotatable bonds is 4. The summed E-state index contributed by atoms with van der Waals surface area (Å²) in [6, 6.07) is 5.27. The Balaban J connectivity index is 3.05. The van der Waals surface area contributed by atoms with Gasteiger partial charge in [-0.25, -0.2) is 0 Å². The van der Waals surface area contributed by atoms with Gasteiger partial charge in [-0.3, -0.25) is 4.79 Å². The lowest BCUT2D eigenvalue weighted by Crippen LogP contribution is -2.14. The topological polar surface area (TPSA) is 35.5 Å². The van der Waals surface area contributed by atoms with Crippen molar-refractivity contribution in [3.8, 4) is 11.5 Å². The van der Waals surface area contributed by atoms with Gasteiger partial charge in [0.05, 0.1) is 19.8 Å². The fourth-order valence-corrected chi connectivity index (χ4v) is 1.61. The third-order valence-corrected chi connectivity index (χ3v) is 2.40. The lowest BCUT2D eigenvalue weighted by molar-refractivity contribution is 0.0936. The quantitative estimate of drug-likeness (QED) is 0.752. The molecular weight excluding hydrogens is 216 g/mol. The van der Waals surface area contributed by atoms with Gasteiger partial charge in [-0.1, -0.05) is 20.8 Å². The van der Waals surface area contributed by atoms with Crippen LogP contribution in [0.5, 0.6) is 11.5 Å². The van der Waals surface area contributed by atoms with Crippen LogP contribution in [0.3, 0.4) is 0 Å². The van der Waals surface area contributed by atoms with E-state index in [1.54, 1.807) is 32.4 Å².